The molecule has 0 heterocycles. The van der Waals surface area contributed by atoms with Gasteiger partial charge in [-0.2, -0.15) is 0 Å². The monoisotopic (exact) mass is 453 g/mol. The van der Waals surface area contributed by atoms with Gasteiger partial charge in [0, 0.05) is 6.54 Å². The fourth-order valence-electron chi connectivity index (χ4n) is 4.68. The molecule has 1 unspecified atom stereocenters. The summed E-state index contributed by atoms with van der Waals surface area (Å²) in [7, 11) is 0. The lowest BCUT2D eigenvalue weighted by atomic mass is 10.0. The Kier molecular flexibility index (Phi) is 28.9. The summed E-state index contributed by atoms with van der Waals surface area (Å²) in [6.45, 7) is 6.43. The van der Waals surface area contributed by atoms with E-state index in [0.717, 1.165) is 19.5 Å². The van der Waals surface area contributed by atoms with E-state index in [4.69, 9.17) is 0 Å². The van der Waals surface area contributed by atoms with Crippen LogP contribution in [-0.2, 0) is 0 Å². The van der Waals surface area contributed by atoms with Crippen LogP contribution in [0.25, 0.3) is 0 Å². The predicted octanol–water partition coefficient (Wildman–Crippen LogP) is 9.73. The van der Waals surface area contributed by atoms with Crippen LogP contribution >= 0.6 is 0 Å². The van der Waals surface area contributed by atoms with Gasteiger partial charge in [-0.15, -0.1) is 0 Å². The molecule has 0 saturated heterocycles. The second kappa shape index (κ2) is 29.0. The summed E-state index contributed by atoms with van der Waals surface area (Å²) in [5.74, 6) is 0. The number of hydrogen-bond acceptors (Lipinski definition) is 2. The molecule has 0 rings (SSSR count). The molecule has 0 aliphatic rings. The third-order valence-electron chi connectivity index (χ3n) is 6.98. The maximum atomic E-state index is 10.1. The number of aliphatic hydroxyl groups is 1. The van der Waals surface area contributed by atoms with E-state index in [0.29, 0.717) is 0 Å². The van der Waals surface area contributed by atoms with E-state index in [1.165, 1.54) is 154 Å². The molecule has 0 saturated carbocycles. The fourth-order valence-corrected chi connectivity index (χ4v) is 4.68. The van der Waals surface area contributed by atoms with E-state index in [9.17, 15) is 5.11 Å². The zero-order chi connectivity index (χ0) is 23.4. The standard InChI is InChI=1S/C30H63NO/c1-3-5-7-9-11-13-14-15-16-17-18-19-20-22-24-26-28-31-29-30(32)27-25-23-21-12-10-8-6-4-2/h30-32H,3-29H2,1-2H3. The highest BCUT2D eigenvalue weighted by Crippen LogP contribution is 2.14. The van der Waals surface area contributed by atoms with E-state index in [1.54, 1.807) is 0 Å². The number of rotatable bonds is 28. The quantitative estimate of drug-likeness (QED) is 0.115. The first-order valence-corrected chi connectivity index (χ1v) is 15.2. The number of unbranched alkanes of at least 4 members (excludes halogenated alkanes) is 22. The van der Waals surface area contributed by atoms with Crippen molar-refractivity contribution in [3.05, 3.63) is 0 Å². The van der Waals surface area contributed by atoms with Gasteiger partial charge in [-0.3, -0.25) is 0 Å². The highest BCUT2D eigenvalue weighted by Gasteiger charge is 2.03. The molecule has 2 N–H and O–H groups in total. The van der Waals surface area contributed by atoms with Gasteiger partial charge in [-0.1, -0.05) is 162 Å². The maximum Gasteiger partial charge on any atom is 0.0664 e. The van der Waals surface area contributed by atoms with Gasteiger partial charge in [0.2, 0.25) is 0 Å². The molecule has 0 aromatic heterocycles. The number of hydrogen-bond donors (Lipinski definition) is 2. The average Bonchev–Trinajstić information content (AvgIpc) is 2.80. The lowest BCUT2D eigenvalue weighted by molar-refractivity contribution is 0.158. The SMILES string of the molecule is CCCCCCCCCCCCCCCCCCNCC(O)CCCCCCCCCC. The van der Waals surface area contributed by atoms with Crippen LogP contribution in [-0.4, -0.2) is 24.3 Å². The molecule has 0 spiro atoms. The normalized spacial score (nSPS) is 12.5. The summed E-state index contributed by atoms with van der Waals surface area (Å²) in [5.41, 5.74) is 0. The largest absolute Gasteiger partial charge is 0.392 e. The molecular formula is C30H63NO. The Morgan fingerprint density at radius 1 is 0.438 bits per heavy atom. The average molecular weight is 454 g/mol. The van der Waals surface area contributed by atoms with E-state index in [2.05, 4.69) is 19.2 Å². The molecular weight excluding hydrogens is 390 g/mol. The summed E-state index contributed by atoms with van der Waals surface area (Å²) in [5, 5.41) is 13.6. The molecule has 2 heteroatoms. The minimum absolute atomic E-state index is 0.142. The summed E-state index contributed by atoms with van der Waals surface area (Å²) in [4.78, 5) is 0. The Labute approximate surface area is 204 Å². The van der Waals surface area contributed by atoms with Gasteiger partial charge in [-0.05, 0) is 19.4 Å². The van der Waals surface area contributed by atoms with Crippen LogP contribution in [0.1, 0.15) is 174 Å². The second-order valence-electron chi connectivity index (χ2n) is 10.4. The second-order valence-corrected chi connectivity index (χ2v) is 10.4. The van der Waals surface area contributed by atoms with Crippen LogP contribution in [0.4, 0.5) is 0 Å². The Hall–Kier alpha value is -0.0800. The minimum Gasteiger partial charge on any atom is -0.392 e. The van der Waals surface area contributed by atoms with Crippen LogP contribution in [0, 0.1) is 0 Å². The number of nitrogens with one attached hydrogen (secondary N) is 1. The van der Waals surface area contributed by atoms with Crippen molar-refractivity contribution < 1.29 is 5.11 Å². The van der Waals surface area contributed by atoms with E-state index in [-0.39, 0.29) is 6.10 Å². The Morgan fingerprint density at radius 3 is 1.12 bits per heavy atom. The first-order chi connectivity index (χ1) is 15.8. The van der Waals surface area contributed by atoms with Crippen molar-refractivity contribution in [3.63, 3.8) is 0 Å². The van der Waals surface area contributed by atoms with Crippen LogP contribution in [0.2, 0.25) is 0 Å². The van der Waals surface area contributed by atoms with Crippen LogP contribution < -0.4 is 5.32 Å². The molecule has 2 nitrogen and oxygen atoms in total. The van der Waals surface area contributed by atoms with Crippen LogP contribution in [0.15, 0.2) is 0 Å². The molecule has 0 aromatic carbocycles. The van der Waals surface area contributed by atoms with Gasteiger partial charge in [0.1, 0.15) is 0 Å². The van der Waals surface area contributed by atoms with Crippen molar-refractivity contribution >= 4 is 0 Å². The van der Waals surface area contributed by atoms with E-state index in [1.807, 2.05) is 0 Å². The van der Waals surface area contributed by atoms with Gasteiger partial charge in [-0.25, -0.2) is 0 Å². The smallest absolute Gasteiger partial charge is 0.0664 e. The molecule has 0 aromatic rings. The molecule has 194 valence electrons. The molecule has 0 fully saturated rings. The van der Waals surface area contributed by atoms with Crippen molar-refractivity contribution in [3.8, 4) is 0 Å². The van der Waals surface area contributed by atoms with Crippen molar-refractivity contribution in [1.29, 1.82) is 0 Å². The van der Waals surface area contributed by atoms with Crippen molar-refractivity contribution in [1.82, 2.24) is 5.32 Å². The first-order valence-electron chi connectivity index (χ1n) is 15.2. The third-order valence-corrected chi connectivity index (χ3v) is 6.98. The molecule has 0 radical (unpaired) electrons. The van der Waals surface area contributed by atoms with Crippen molar-refractivity contribution in [2.45, 2.75) is 180 Å². The highest BCUT2D eigenvalue weighted by molar-refractivity contribution is 4.60. The number of aliphatic hydroxyl groups excluding tert-OH is 1. The van der Waals surface area contributed by atoms with Gasteiger partial charge in [0.25, 0.3) is 0 Å². The molecule has 0 aliphatic carbocycles. The van der Waals surface area contributed by atoms with Gasteiger partial charge >= 0.3 is 0 Å². The van der Waals surface area contributed by atoms with Crippen molar-refractivity contribution in [2.24, 2.45) is 0 Å². The maximum absolute atomic E-state index is 10.1. The van der Waals surface area contributed by atoms with E-state index >= 15 is 0 Å². The minimum atomic E-state index is -0.142. The zero-order valence-corrected chi connectivity index (χ0v) is 22.6. The Morgan fingerprint density at radius 2 is 0.750 bits per heavy atom. The Bertz CT molecular complexity index is 320. The lowest BCUT2D eigenvalue weighted by Gasteiger charge is -2.11. The van der Waals surface area contributed by atoms with Gasteiger partial charge in [0.15, 0.2) is 0 Å². The molecule has 0 amide bonds. The predicted molar refractivity (Wildman–Crippen MR) is 146 cm³/mol. The summed E-state index contributed by atoms with van der Waals surface area (Å²) in [6.07, 6.45) is 34.3. The summed E-state index contributed by atoms with van der Waals surface area (Å²) >= 11 is 0. The third kappa shape index (κ3) is 28.0. The topological polar surface area (TPSA) is 32.3 Å². The molecule has 1 atom stereocenters. The van der Waals surface area contributed by atoms with Crippen molar-refractivity contribution in [2.75, 3.05) is 13.1 Å². The molecule has 0 bridgehead atoms. The molecule has 0 aliphatic heterocycles. The van der Waals surface area contributed by atoms with Gasteiger partial charge in [0.05, 0.1) is 6.10 Å². The first kappa shape index (κ1) is 31.9. The van der Waals surface area contributed by atoms with E-state index < -0.39 is 0 Å². The molecule has 32 heavy (non-hydrogen) atoms. The Balaban J connectivity index is 3.10. The summed E-state index contributed by atoms with van der Waals surface area (Å²) < 4.78 is 0. The van der Waals surface area contributed by atoms with Gasteiger partial charge < -0.3 is 10.4 Å². The van der Waals surface area contributed by atoms with Crippen LogP contribution in [0.3, 0.4) is 0 Å². The lowest BCUT2D eigenvalue weighted by Crippen LogP contribution is -2.27. The van der Waals surface area contributed by atoms with Crippen LogP contribution in [0.5, 0.6) is 0 Å². The highest BCUT2D eigenvalue weighted by atomic mass is 16.3. The summed E-state index contributed by atoms with van der Waals surface area (Å²) in [6, 6.07) is 0. The fraction of sp³-hybridized carbons (Fsp3) is 1.00. The zero-order valence-electron chi connectivity index (χ0n) is 22.6.